The van der Waals surface area contributed by atoms with E-state index < -0.39 is 11.6 Å². The maximum atomic E-state index is 13.8. The van der Waals surface area contributed by atoms with Gasteiger partial charge < -0.3 is 5.32 Å². The molecule has 0 radical (unpaired) electrons. The van der Waals surface area contributed by atoms with Crippen LogP contribution in [0.25, 0.3) is 10.9 Å². The second kappa shape index (κ2) is 5.17. The number of nitriles is 1. The molecule has 5 heteroatoms. The molecule has 3 rings (SSSR count). The summed E-state index contributed by atoms with van der Waals surface area (Å²) in [5.41, 5.74) is 1.31. The second-order valence-electron chi connectivity index (χ2n) is 4.42. The van der Waals surface area contributed by atoms with Gasteiger partial charge in [0.25, 0.3) is 0 Å². The van der Waals surface area contributed by atoms with Crippen LogP contribution < -0.4 is 5.32 Å². The van der Waals surface area contributed by atoms with Gasteiger partial charge in [0.1, 0.15) is 17.7 Å². The molecular formula is C16H9F2N3. The number of halogens is 2. The number of benzene rings is 2. The molecule has 1 aromatic heterocycles. The maximum absolute atomic E-state index is 13.8. The van der Waals surface area contributed by atoms with Gasteiger partial charge in [-0.3, -0.25) is 4.98 Å². The first kappa shape index (κ1) is 13.0. The third-order valence-corrected chi connectivity index (χ3v) is 3.08. The molecule has 3 aromatic rings. The SMILES string of the molecule is N#Cc1cnc2ccccc2c1Nc1cc(F)ccc1F. The first-order valence-corrected chi connectivity index (χ1v) is 6.19. The number of para-hydroxylation sites is 1. The number of pyridine rings is 1. The Morgan fingerprint density at radius 2 is 1.90 bits per heavy atom. The van der Waals surface area contributed by atoms with Gasteiger partial charge in [-0.1, -0.05) is 18.2 Å². The van der Waals surface area contributed by atoms with Crippen molar-refractivity contribution in [3.05, 3.63) is 65.9 Å². The van der Waals surface area contributed by atoms with Crippen molar-refractivity contribution in [2.24, 2.45) is 0 Å². The molecule has 0 atom stereocenters. The minimum absolute atomic E-state index is 0.0251. The summed E-state index contributed by atoms with van der Waals surface area (Å²) in [4.78, 5) is 4.16. The predicted octanol–water partition coefficient (Wildman–Crippen LogP) is 4.13. The van der Waals surface area contributed by atoms with Crippen LogP contribution >= 0.6 is 0 Å². The molecule has 0 fully saturated rings. The van der Waals surface area contributed by atoms with Gasteiger partial charge in [-0.15, -0.1) is 0 Å². The third-order valence-electron chi connectivity index (χ3n) is 3.08. The monoisotopic (exact) mass is 281 g/mol. The van der Waals surface area contributed by atoms with E-state index in [0.717, 1.165) is 18.2 Å². The summed E-state index contributed by atoms with van der Waals surface area (Å²) < 4.78 is 27.0. The van der Waals surface area contributed by atoms with Crippen LogP contribution in [-0.2, 0) is 0 Å². The first-order chi connectivity index (χ1) is 10.2. The van der Waals surface area contributed by atoms with Crippen molar-refractivity contribution < 1.29 is 8.78 Å². The number of nitrogens with one attached hydrogen (secondary N) is 1. The standard InChI is InChI=1S/C16H9F2N3/c17-11-5-6-13(18)15(7-11)21-16-10(8-19)9-20-14-4-2-1-3-12(14)16/h1-7,9H,(H,20,21). The van der Waals surface area contributed by atoms with Gasteiger partial charge in [0.05, 0.1) is 22.5 Å². The van der Waals surface area contributed by atoms with Gasteiger partial charge in [-0.2, -0.15) is 5.26 Å². The van der Waals surface area contributed by atoms with Crippen molar-refractivity contribution in [1.29, 1.82) is 5.26 Å². The third kappa shape index (κ3) is 2.39. The Labute approximate surface area is 119 Å². The van der Waals surface area contributed by atoms with E-state index in [0.29, 0.717) is 16.6 Å². The molecule has 0 amide bonds. The summed E-state index contributed by atoms with van der Waals surface area (Å²) in [6, 6.07) is 12.3. The average Bonchev–Trinajstić information content (AvgIpc) is 2.51. The summed E-state index contributed by atoms with van der Waals surface area (Å²) in [6.45, 7) is 0. The van der Waals surface area contributed by atoms with E-state index in [2.05, 4.69) is 10.3 Å². The van der Waals surface area contributed by atoms with E-state index >= 15 is 0 Å². The van der Waals surface area contributed by atoms with Gasteiger partial charge in [0.2, 0.25) is 0 Å². The van der Waals surface area contributed by atoms with Crippen molar-refractivity contribution >= 4 is 22.3 Å². The molecule has 2 aromatic carbocycles. The molecule has 21 heavy (non-hydrogen) atoms. The Bertz CT molecular complexity index is 869. The molecule has 0 saturated carbocycles. The number of nitrogens with zero attached hydrogens (tertiary/aromatic N) is 2. The Kier molecular flexibility index (Phi) is 3.20. The van der Waals surface area contributed by atoms with Crippen LogP contribution in [0.3, 0.4) is 0 Å². The highest BCUT2D eigenvalue weighted by atomic mass is 19.1. The Hall–Kier alpha value is -3.00. The van der Waals surface area contributed by atoms with Gasteiger partial charge in [-0.25, -0.2) is 8.78 Å². The highest BCUT2D eigenvalue weighted by Gasteiger charge is 2.11. The molecule has 0 bridgehead atoms. The minimum atomic E-state index is -0.596. The molecule has 102 valence electrons. The van der Waals surface area contributed by atoms with Crippen molar-refractivity contribution in [3.8, 4) is 6.07 Å². The van der Waals surface area contributed by atoms with Gasteiger partial charge in [0, 0.05) is 17.6 Å². The highest BCUT2D eigenvalue weighted by Crippen LogP contribution is 2.29. The largest absolute Gasteiger partial charge is 0.351 e. The molecule has 3 nitrogen and oxygen atoms in total. The fourth-order valence-electron chi connectivity index (χ4n) is 2.09. The van der Waals surface area contributed by atoms with Crippen molar-refractivity contribution in [2.45, 2.75) is 0 Å². The second-order valence-corrected chi connectivity index (χ2v) is 4.42. The van der Waals surface area contributed by atoms with Crippen molar-refractivity contribution in [1.82, 2.24) is 4.98 Å². The summed E-state index contributed by atoms with van der Waals surface area (Å²) in [5.74, 6) is -1.16. The number of rotatable bonds is 2. The Morgan fingerprint density at radius 3 is 2.71 bits per heavy atom. The number of aromatic nitrogens is 1. The number of hydrogen-bond donors (Lipinski definition) is 1. The van der Waals surface area contributed by atoms with E-state index in [1.165, 1.54) is 6.20 Å². The van der Waals surface area contributed by atoms with Crippen molar-refractivity contribution in [2.75, 3.05) is 5.32 Å². The number of hydrogen-bond acceptors (Lipinski definition) is 3. The summed E-state index contributed by atoms with van der Waals surface area (Å²) in [6.07, 6.45) is 1.40. The minimum Gasteiger partial charge on any atom is -0.351 e. The smallest absolute Gasteiger partial charge is 0.146 e. The summed E-state index contributed by atoms with van der Waals surface area (Å²) in [7, 11) is 0. The molecule has 1 heterocycles. The molecule has 0 unspecified atom stereocenters. The van der Waals surface area contributed by atoms with E-state index in [9.17, 15) is 14.0 Å². The summed E-state index contributed by atoms with van der Waals surface area (Å²) >= 11 is 0. The molecule has 0 aliphatic rings. The number of anilines is 2. The van der Waals surface area contributed by atoms with Crippen LogP contribution in [0.2, 0.25) is 0 Å². The lowest BCUT2D eigenvalue weighted by atomic mass is 10.1. The lowest BCUT2D eigenvalue weighted by Crippen LogP contribution is -1.99. The zero-order valence-electron chi connectivity index (χ0n) is 10.8. The van der Waals surface area contributed by atoms with Crippen LogP contribution in [0, 0.1) is 23.0 Å². The van der Waals surface area contributed by atoms with E-state index in [1.54, 1.807) is 18.2 Å². The van der Waals surface area contributed by atoms with Crippen LogP contribution in [0.15, 0.2) is 48.7 Å². The zero-order valence-corrected chi connectivity index (χ0v) is 10.8. The number of fused-ring (bicyclic) bond motifs is 1. The van der Waals surface area contributed by atoms with E-state index in [1.807, 2.05) is 12.1 Å². The zero-order chi connectivity index (χ0) is 14.8. The molecule has 0 aliphatic heterocycles. The van der Waals surface area contributed by atoms with Gasteiger partial charge in [0.15, 0.2) is 0 Å². The fourth-order valence-corrected chi connectivity index (χ4v) is 2.09. The fraction of sp³-hybridized carbons (Fsp3) is 0. The van der Waals surface area contributed by atoms with Gasteiger partial charge >= 0.3 is 0 Å². The molecular weight excluding hydrogens is 272 g/mol. The summed E-state index contributed by atoms with van der Waals surface area (Å²) in [5, 5.41) is 12.6. The quantitative estimate of drug-likeness (QED) is 0.768. The van der Waals surface area contributed by atoms with E-state index in [-0.39, 0.29) is 11.3 Å². The van der Waals surface area contributed by atoms with E-state index in [4.69, 9.17) is 0 Å². The van der Waals surface area contributed by atoms with Crippen LogP contribution in [0.1, 0.15) is 5.56 Å². The van der Waals surface area contributed by atoms with Crippen LogP contribution in [0.4, 0.5) is 20.2 Å². The first-order valence-electron chi connectivity index (χ1n) is 6.19. The Morgan fingerprint density at radius 1 is 1.10 bits per heavy atom. The van der Waals surface area contributed by atoms with Gasteiger partial charge in [-0.05, 0) is 18.2 Å². The molecule has 1 N–H and O–H groups in total. The lowest BCUT2D eigenvalue weighted by Gasteiger charge is -2.12. The maximum Gasteiger partial charge on any atom is 0.146 e. The Balaban J connectivity index is 2.19. The van der Waals surface area contributed by atoms with Crippen LogP contribution in [-0.4, -0.2) is 4.98 Å². The van der Waals surface area contributed by atoms with Crippen molar-refractivity contribution in [3.63, 3.8) is 0 Å². The molecule has 0 saturated heterocycles. The molecule has 0 spiro atoms. The lowest BCUT2D eigenvalue weighted by molar-refractivity contribution is 0.603. The average molecular weight is 281 g/mol. The molecule has 0 aliphatic carbocycles. The topological polar surface area (TPSA) is 48.7 Å². The van der Waals surface area contributed by atoms with Crippen LogP contribution in [0.5, 0.6) is 0 Å². The highest BCUT2D eigenvalue weighted by molar-refractivity contribution is 5.95. The normalized spacial score (nSPS) is 10.3. The predicted molar refractivity (Wildman–Crippen MR) is 76.1 cm³/mol.